The highest BCUT2D eigenvalue weighted by molar-refractivity contribution is 7.13. The van der Waals surface area contributed by atoms with Gasteiger partial charge in [-0.25, -0.2) is 9.37 Å². The van der Waals surface area contributed by atoms with E-state index in [0.29, 0.717) is 31.2 Å². The fraction of sp³-hybridized carbons (Fsp3) is 0.543. The summed E-state index contributed by atoms with van der Waals surface area (Å²) < 4.78 is 28.8. The van der Waals surface area contributed by atoms with Crippen LogP contribution < -0.4 is 4.74 Å². The number of aromatic nitrogens is 3. The van der Waals surface area contributed by atoms with Gasteiger partial charge in [0.15, 0.2) is 5.78 Å². The number of allylic oxidation sites excluding steroid dienone is 2. The molecule has 2 saturated carbocycles. The summed E-state index contributed by atoms with van der Waals surface area (Å²) in [5.41, 5.74) is 3.72. The molecular weight excluding hydrogens is 740 g/mol. The number of rotatable bonds is 9. The Bertz CT molecular complexity index is 2140. The maximum absolute atomic E-state index is 14.8. The lowest BCUT2D eigenvalue weighted by atomic mass is 9.90. The summed E-state index contributed by atoms with van der Waals surface area (Å²) in [4.78, 5) is 54.8. The third-order valence-corrected chi connectivity index (χ3v) is 13.6. The van der Waals surface area contributed by atoms with Gasteiger partial charge in [0.2, 0.25) is 5.91 Å². The molecule has 0 radical (unpaired) electrons. The van der Waals surface area contributed by atoms with E-state index in [9.17, 15) is 18.8 Å². The maximum atomic E-state index is 14.8. The zero-order valence-electron chi connectivity index (χ0n) is 33.5. The van der Waals surface area contributed by atoms with Crippen molar-refractivity contribution in [2.75, 3.05) is 13.2 Å². The summed E-state index contributed by atoms with van der Waals surface area (Å²) >= 11 is 1.66. The number of thiazole rings is 1. The molecule has 302 valence electrons. The Morgan fingerprint density at radius 1 is 1.04 bits per heavy atom. The van der Waals surface area contributed by atoms with Crippen molar-refractivity contribution >= 4 is 40.0 Å². The average Bonchev–Trinajstić information content (AvgIpc) is 3.79. The summed E-state index contributed by atoms with van der Waals surface area (Å²) in [5.74, 6) is -0.961. The lowest BCUT2D eigenvalue weighted by molar-refractivity contribution is -0.152. The minimum absolute atomic E-state index is 0.00109. The Balaban J connectivity index is 1.12. The Labute approximate surface area is 339 Å². The standard InChI is InChI=1S/C46H55FN4O5S/c1-4-55-44(54)46-25-33(46)18-9-7-5-6-8-17-32(22-30-14-12-19-34(47)23-30)43(53)50-27-35(24-39(50)40(52)26-46)56-45-49-41-36(20-13-21-38(41)51(45)29(2)3)42-48-37(28-57-42)31-15-10-11-16-31/h9,12-14,18-21,23,28-29,31-33,35,39H,4-8,10-11,15-17,22,24-27H2,1-3H3/b18-9-/t32-,33-,35-,39+,46-/m1/s1. The molecule has 2 aromatic carbocycles. The van der Waals surface area contributed by atoms with E-state index < -0.39 is 23.5 Å². The number of Topliss-reactive ketones (excluding diaryl/α,β-unsaturated/α-hetero) is 1. The normalized spacial score (nSPS) is 26.6. The van der Waals surface area contributed by atoms with Crippen molar-refractivity contribution in [3.05, 3.63) is 77.1 Å². The third kappa shape index (κ3) is 8.18. The van der Waals surface area contributed by atoms with E-state index in [4.69, 9.17) is 19.4 Å². The molecule has 0 N–H and O–H groups in total. The molecule has 4 heterocycles. The van der Waals surface area contributed by atoms with Crippen LogP contribution in [0.2, 0.25) is 0 Å². The minimum Gasteiger partial charge on any atom is -0.466 e. The van der Waals surface area contributed by atoms with E-state index in [1.807, 2.05) is 12.1 Å². The number of para-hydroxylation sites is 1. The summed E-state index contributed by atoms with van der Waals surface area (Å²) in [6.45, 7) is 6.42. The maximum Gasteiger partial charge on any atom is 0.313 e. The topological polar surface area (TPSA) is 104 Å². The van der Waals surface area contributed by atoms with Gasteiger partial charge >= 0.3 is 5.97 Å². The molecule has 4 aliphatic rings. The van der Waals surface area contributed by atoms with Gasteiger partial charge in [-0.15, -0.1) is 11.3 Å². The number of benzene rings is 2. The van der Waals surface area contributed by atoms with E-state index >= 15 is 0 Å². The first kappa shape index (κ1) is 39.4. The number of carbonyl (C=O) groups is 3. The fourth-order valence-electron chi connectivity index (χ4n) is 9.64. The largest absolute Gasteiger partial charge is 0.466 e. The van der Waals surface area contributed by atoms with Crippen LogP contribution in [0.4, 0.5) is 4.39 Å². The second kappa shape index (κ2) is 16.8. The highest BCUT2D eigenvalue weighted by Gasteiger charge is 2.61. The zero-order chi connectivity index (χ0) is 39.7. The molecule has 0 bridgehead atoms. The molecule has 57 heavy (non-hydrogen) atoms. The van der Waals surface area contributed by atoms with Crippen molar-refractivity contribution in [2.24, 2.45) is 17.3 Å². The molecule has 4 aromatic rings. The van der Waals surface area contributed by atoms with Crippen molar-refractivity contribution in [1.29, 1.82) is 0 Å². The van der Waals surface area contributed by atoms with Gasteiger partial charge in [0.25, 0.3) is 6.01 Å². The van der Waals surface area contributed by atoms with Gasteiger partial charge < -0.3 is 14.4 Å². The predicted octanol–water partition coefficient (Wildman–Crippen LogP) is 9.79. The van der Waals surface area contributed by atoms with Gasteiger partial charge in [0.05, 0.1) is 35.8 Å². The molecule has 0 unspecified atom stereocenters. The van der Waals surface area contributed by atoms with Crippen molar-refractivity contribution in [3.8, 4) is 16.6 Å². The lowest BCUT2D eigenvalue weighted by Crippen LogP contribution is -2.45. The van der Waals surface area contributed by atoms with Crippen molar-refractivity contribution in [1.82, 2.24) is 19.4 Å². The number of carbonyl (C=O) groups excluding carboxylic acids is 3. The highest BCUT2D eigenvalue weighted by atomic mass is 32.1. The molecule has 5 atom stereocenters. The lowest BCUT2D eigenvalue weighted by Gasteiger charge is -2.29. The van der Waals surface area contributed by atoms with E-state index in [-0.39, 0.29) is 61.4 Å². The number of hydrogen-bond acceptors (Lipinski definition) is 8. The minimum atomic E-state index is -0.923. The summed E-state index contributed by atoms with van der Waals surface area (Å²) in [7, 11) is 0. The number of ether oxygens (including phenoxy) is 2. The van der Waals surface area contributed by atoms with E-state index in [0.717, 1.165) is 52.9 Å². The van der Waals surface area contributed by atoms with Crippen LogP contribution in [0.3, 0.4) is 0 Å². The molecule has 11 heteroatoms. The SMILES string of the molecule is CCOC(=O)[C@]12CC(=O)[C@@H]3C[C@@H](Oc4nc5c(-c6nc(C7CCCC7)cs6)cccc5n4C(C)C)CN3C(=O)[C@@H](Cc3cccc(F)c3)CCCCC/C=C\[C@@H]1C2. The number of imidazole rings is 1. The second-order valence-corrected chi connectivity index (χ2v) is 17.9. The Kier molecular flexibility index (Phi) is 11.7. The molecule has 9 nitrogen and oxygen atoms in total. The summed E-state index contributed by atoms with van der Waals surface area (Å²) in [6, 6.07) is 12.3. The van der Waals surface area contributed by atoms with E-state index in [1.165, 1.54) is 43.5 Å². The average molecular weight is 795 g/mol. The molecule has 8 rings (SSSR count). The van der Waals surface area contributed by atoms with Crippen LogP contribution >= 0.6 is 11.3 Å². The molecular formula is C46H55FN4O5S. The Hall–Kier alpha value is -4.38. The number of ketones is 1. The number of fused-ring (bicyclic) bond motifs is 3. The first-order valence-electron chi connectivity index (χ1n) is 21.2. The first-order chi connectivity index (χ1) is 27.6. The molecule has 2 aliphatic carbocycles. The predicted molar refractivity (Wildman–Crippen MR) is 220 cm³/mol. The fourth-order valence-corrected chi connectivity index (χ4v) is 10.6. The molecule has 0 spiro atoms. The van der Waals surface area contributed by atoms with Crippen LogP contribution in [0.5, 0.6) is 6.01 Å². The van der Waals surface area contributed by atoms with Gasteiger partial charge in [0, 0.05) is 41.7 Å². The van der Waals surface area contributed by atoms with Crippen molar-refractivity contribution < 1.29 is 28.2 Å². The molecule has 3 fully saturated rings. The van der Waals surface area contributed by atoms with Crippen LogP contribution in [0.1, 0.15) is 121 Å². The number of amides is 1. The van der Waals surface area contributed by atoms with Gasteiger partial charge in [-0.1, -0.05) is 56.0 Å². The van der Waals surface area contributed by atoms with Crippen molar-refractivity contribution in [2.45, 2.75) is 128 Å². The monoisotopic (exact) mass is 794 g/mol. The third-order valence-electron chi connectivity index (χ3n) is 12.7. The summed E-state index contributed by atoms with van der Waals surface area (Å²) in [6.07, 6.45) is 14.0. The van der Waals surface area contributed by atoms with Gasteiger partial charge in [0.1, 0.15) is 22.4 Å². The van der Waals surface area contributed by atoms with Crippen LogP contribution in [0, 0.1) is 23.1 Å². The van der Waals surface area contributed by atoms with E-state index in [2.05, 4.69) is 48.1 Å². The number of esters is 1. The van der Waals surface area contributed by atoms with Gasteiger partial charge in [-0.05, 0) is 101 Å². The van der Waals surface area contributed by atoms with Gasteiger partial charge in [-0.3, -0.25) is 19.0 Å². The zero-order valence-corrected chi connectivity index (χ0v) is 34.3. The number of halogens is 1. The number of nitrogens with zero attached hydrogens (tertiary/aromatic N) is 4. The van der Waals surface area contributed by atoms with Gasteiger partial charge in [-0.2, -0.15) is 4.98 Å². The number of hydrogen-bond donors (Lipinski definition) is 0. The van der Waals surface area contributed by atoms with Crippen LogP contribution in [0.25, 0.3) is 21.6 Å². The Morgan fingerprint density at radius 2 is 1.84 bits per heavy atom. The first-order valence-corrected chi connectivity index (χ1v) is 22.1. The molecule has 1 amide bonds. The smallest absolute Gasteiger partial charge is 0.313 e. The van der Waals surface area contributed by atoms with Crippen LogP contribution in [0.15, 0.2) is 60.0 Å². The molecule has 1 saturated heterocycles. The quantitative estimate of drug-likeness (QED) is 0.123. The summed E-state index contributed by atoms with van der Waals surface area (Å²) in [5, 5.41) is 3.14. The highest BCUT2D eigenvalue weighted by Crippen LogP contribution is 2.58. The van der Waals surface area contributed by atoms with Crippen LogP contribution in [-0.2, 0) is 25.5 Å². The molecule has 2 aliphatic heterocycles. The second-order valence-electron chi connectivity index (χ2n) is 17.0. The van der Waals surface area contributed by atoms with Crippen molar-refractivity contribution in [3.63, 3.8) is 0 Å². The van der Waals surface area contributed by atoms with E-state index in [1.54, 1.807) is 29.2 Å². The van der Waals surface area contributed by atoms with Crippen LogP contribution in [-0.4, -0.2) is 62.4 Å². The Morgan fingerprint density at radius 3 is 2.63 bits per heavy atom. The molecule has 2 aromatic heterocycles.